The molecule has 2 unspecified atom stereocenters. The summed E-state index contributed by atoms with van der Waals surface area (Å²) in [6.45, 7) is 8.05. The van der Waals surface area contributed by atoms with Gasteiger partial charge in [-0.05, 0) is 50.7 Å². The van der Waals surface area contributed by atoms with E-state index in [0.717, 1.165) is 0 Å². The fourth-order valence-corrected chi connectivity index (χ4v) is 8.01. The Balaban J connectivity index is 1.80. The minimum Gasteiger partial charge on any atom is -0.457 e. The highest BCUT2D eigenvalue weighted by atomic mass is 19.1. The molecule has 0 aromatic carbocycles. The van der Waals surface area contributed by atoms with E-state index in [4.69, 9.17) is 9.47 Å². The van der Waals surface area contributed by atoms with Gasteiger partial charge < -0.3 is 14.6 Å². The van der Waals surface area contributed by atoms with Gasteiger partial charge in [0.15, 0.2) is 23.7 Å². The van der Waals surface area contributed by atoms with Crippen molar-refractivity contribution < 1.29 is 38.1 Å². The van der Waals surface area contributed by atoms with Gasteiger partial charge in [0, 0.05) is 35.5 Å². The maximum atomic E-state index is 17.4. The summed E-state index contributed by atoms with van der Waals surface area (Å²) in [6, 6.07) is 0. The summed E-state index contributed by atoms with van der Waals surface area (Å²) in [5.41, 5.74) is -5.26. The van der Waals surface area contributed by atoms with Gasteiger partial charge in [0.2, 0.25) is 5.78 Å². The van der Waals surface area contributed by atoms with Crippen molar-refractivity contribution in [3.05, 3.63) is 23.8 Å². The van der Waals surface area contributed by atoms with Crippen molar-refractivity contribution in [1.29, 1.82) is 0 Å². The van der Waals surface area contributed by atoms with Gasteiger partial charge in [-0.1, -0.05) is 39.3 Å². The standard InChI is InChI=1S/C28H37FO7/c1-6-23(33)35-15-22(32)28(36-24(34)7-2)16(3)12-20-19-9-8-17-13-18(30)10-11-25(17,4)27(19,29)21(31)14-26(20,28)5/h10-11,13,16,19-21,31H,6-9,12,14-15H2,1-5H3/t16-,19?,20?,21-,25-,26-,27-,28-/m1/s1. The molecule has 4 aliphatic carbocycles. The molecule has 0 aliphatic heterocycles. The fourth-order valence-electron chi connectivity index (χ4n) is 8.01. The van der Waals surface area contributed by atoms with Crippen LogP contribution in [0.5, 0.6) is 0 Å². The maximum Gasteiger partial charge on any atom is 0.306 e. The van der Waals surface area contributed by atoms with E-state index in [0.29, 0.717) is 24.8 Å². The number of alkyl halides is 1. The zero-order valence-electron chi connectivity index (χ0n) is 21.8. The van der Waals surface area contributed by atoms with Crippen LogP contribution in [0.1, 0.15) is 73.1 Å². The van der Waals surface area contributed by atoms with Crippen LogP contribution in [0.2, 0.25) is 0 Å². The number of rotatable bonds is 6. The molecule has 0 heterocycles. The molecule has 0 bridgehead atoms. The van der Waals surface area contributed by atoms with Gasteiger partial charge in [-0.2, -0.15) is 0 Å². The number of Topliss-reactive ketones (excluding diaryl/α,β-unsaturated/α-hetero) is 1. The smallest absolute Gasteiger partial charge is 0.306 e. The van der Waals surface area contributed by atoms with Gasteiger partial charge in [0.25, 0.3) is 0 Å². The Morgan fingerprint density at radius 3 is 2.44 bits per heavy atom. The molecule has 1 N–H and O–H groups in total. The van der Waals surface area contributed by atoms with Crippen LogP contribution in [-0.4, -0.2) is 52.6 Å². The average Bonchev–Trinajstić information content (AvgIpc) is 3.05. The first-order chi connectivity index (χ1) is 16.8. The Morgan fingerprint density at radius 1 is 1.14 bits per heavy atom. The quantitative estimate of drug-likeness (QED) is 0.548. The van der Waals surface area contributed by atoms with Crippen molar-refractivity contribution in [3.8, 4) is 0 Å². The summed E-state index contributed by atoms with van der Waals surface area (Å²) in [5.74, 6) is -3.31. The molecule has 4 rings (SSSR count). The number of ether oxygens (including phenoxy) is 2. The summed E-state index contributed by atoms with van der Waals surface area (Å²) in [4.78, 5) is 50.3. The topological polar surface area (TPSA) is 107 Å². The first-order valence-corrected chi connectivity index (χ1v) is 13.0. The monoisotopic (exact) mass is 504 g/mol. The molecule has 3 saturated carbocycles. The number of fused-ring (bicyclic) bond motifs is 5. The molecule has 0 aromatic rings. The minimum atomic E-state index is -2.05. The van der Waals surface area contributed by atoms with Crippen LogP contribution in [0.15, 0.2) is 23.8 Å². The number of carbonyl (C=O) groups is 4. The zero-order valence-corrected chi connectivity index (χ0v) is 21.8. The predicted octanol–water partition coefficient (Wildman–Crippen LogP) is 3.82. The molecule has 4 aliphatic rings. The minimum absolute atomic E-state index is 0.0430. The summed E-state index contributed by atoms with van der Waals surface area (Å²) < 4.78 is 28.5. The first-order valence-electron chi connectivity index (χ1n) is 13.0. The summed E-state index contributed by atoms with van der Waals surface area (Å²) >= 11 is 0. The molecule has 0 spiro atoms. The van der Waals surface area contributed by atoms with Crippen LogP contribution in [0, 0.1) is 28.6 Å². The number of esters is 2. The maximum absolute atomic E-state index is 17.4. The Morgan fingerprint density at radius 2 is 1.81 bits per heavy atom. The third-order valence-electron chi connectivity index (χ3n) is 9.81. The van der Waals surface area contributed by atoms with Gasteiger partial charge in [-0.3, -0.25) is 19.2 Å². The molecule has 0 saturated heterocycles. The number of hydrogen-bond acceptors (Lipinski definition) is 7. The van der Waals surface area contributed by atoms with Crippen molar-refractivity contribution in [2.75, 3.05) is 6.61 Å². The molecule has 0 aromatic heterocycles. The van der Waals surface area contributed by atoms with Gasteiger partial charge in [0.1, 0.15) is 0 Å². The number of allylic oxidation sites excluding steroid dienone is 4. The SMILES string of the molecule is CCC(=O)OCC(=O)[C@]1(OC(=O)CC)[C@H](C)CC2C3CCC4=CC(=O)C=C[C@@]4(C)[C@]3(F)[C@H](O)C[C@]21C. The lowest BCUT2D eigenvalue weighted by Crippen LogP contribution is -2.70. The van der Waals surface area contributed by atoms with Crippen LogP contribution in [0.3, 0.4) is 0 Å². The number of halogens is 1. The second-order valence-electron chi connectivity index (χ2n) is 11.4. The zero-order chi connectivity index (χ0) is 26.7. The van der Waals surface area contributed by atoms with Crippen LogP contribution >= 0.6 is 0 Å². The molecule has 8 heteroatoms. The Kier molecular flexibility index (Phi) is 6.60. The number of carbonyl (C=O) groups excluding carboxylic acids is 4. The number of ketones is 2. The van der Waals surface area contributed by atoms with Crippen LogP contribution in [-0.2, 0) is 28.7 Å². The highest BCUT2D eigenvalue weighted by Crippen LogP contribution is 2.71. The van der Waals surface area contributed by atoms with E-state index in [1.54, 1.807) is 33.8 Å². The highest BCUT2D eigenvalue weighted by molar-refractivity contribution is 6.01. The molecule has 3 fully saturated rings. The molecule has 8 atom stereocenters. The van der Waals surface area contributed by atoms with Crippen LogP contribution in [0.25, 0.3) is 0 Å². The number of hydrogen-bond donors (Lipinski definition) is 1. The molecule has 36 heavy (non-hydrogen) atoms. The van der Waals surface area contributed by atoms with Crippen molar-refractivity contribution in [2.45, 2.75) is 90.5 Å². The van der Waals surface area contributed by atoms with E-state index >= 15 is 4.39 Å². The lowest BCUT2D eigenvalue weighted by atomic mass is 9.44. The first kappa shape index (κ1) is 26.7. The van der Waals surface area contributed by atoms with E-state index in [1.165, 1.54) is 12.2 Å². The fraction of sp³-hybridized carbons (Fsp3) is 0.714. The van der Waals surface area contributed by atoms with Crippen LogP contribution < -0.4 is 0 Å². The van der Waals surface area contributed by atoms with Gasteiger partial charge in [-0.25, -0.2) is 4.39 Å². The predicted molar refractivity (Wildman–Crippen MR) is 128 cm³/mol. The number of aliphatic hydroxyl groups excluding tert-OH is 1. The second kappa shape index (κ2) is 8.89. The third-order valence-corrected chi connectivity index (χ3v) is 9.81. The van der Waals surface area contributed by atoms with Crippen molar-refractivity contribution >= 4 is 23.5 Å². The average molecular weight is 505 g/mol. The van der Waals surface area contributed by atoms with E-state index in [2.05, 4.69) is 0 Å². The van der Waals surface area contributed by atoms with E-state index in [1.807, 2.05) is 6.92 Å². The molecule has 198 valence electrons. The summed E-state index contributed by atoms with van der Waals surface area (Å²) in [7, 11) is 0. The van der Waals surface area contributed by atoms with Crippen molar-refractivity contribution in [1.82, 2.24) is 0 Å². The summed E-state index contributed by atoms with van der Waals surface area (Å²) in [6.07, 6.45) is 4.32. The summed E-state index contributed by atoms with van der Waals surface area (Å²) in [5, 5.41) is 11.5. The largest absolute Gasteiger partial charge is 0.457 e. The Labute approximate surface area is 211 Å². The van der Waals surface area contributed by atoms with Crippen molar-refractivity contribution in [2.24, 2.45) is 28.6 Å². The third kappa shape index (κ3) is 3.39. The lowest BCUT2D eigenvalue weighted by molar-refractivity contribution is -0.228. The highest BCUT2D eigenvalue weighted by Gasteiger charge is 2.77. The second-order valence-corrected chi connectivity index (χ2v) is 11.4. The molecular formula is C28H37FO7. The van der Waals surface area contributed by atoms with Gasteiger partial charge in [-0.15, -0.1) is 0 Å². The van der Waals surface area contributed by atoms with E-state index in [9.17, 15) is 24.3 Å². The molecule has 0 amide bonds. The number of aliphatic hydroxyl groups is 1. The molecular weight excluding hydrogens is 467 g/mol. The van der Waals surface area contributed by atoms with Gasteiger partial charge in [0.05, 0.1) is 6.10 Å². The molecule has 0 radical (unpaired) electrons. The van der Waals surface area contributed by atoms with Gasteiger partial charge >= 0.3 is 11.9 Å². The van der Waals surface area contributed by atoms with E-state index in [-0.39, 0.29) is 31.0 Å². The lowest BCUT2D eigenvalue weighted by Gasteiger charge is -2.62. The van der Waals surface area contributed by atoms with Crippen molar-refractivity contribution in [3.63, 3.8) is 0 Å². The Hall–Kier alpha value is -2.35. The van der Waals surface area contributed by atoms with E-state index < -0.39 is 64.4 Å². The van der Waals surface area contributed by atoms with Crippen LogP contribution in [0.4, 0.5) is 4.39 Å². The Bertz CT molecular complexity index is 1050. The molecule has 7 nitrogen and oxygen atoms in total. The normalized spacial score (nSPS) is 43.1.